The van der Waals surface area contributed by atoms with Gasteiger partial charge in [-0.1, -0.05) is 0 Å². The van der Waals surface area contributed by atoms with Gasteiger partial charge in [-0.15, -0.1) is 0 Å². The minimum Gasteiger partial charge on any atom is -0.493 e. The predicted octanol–water partition coefficient (Wildman–Crippen LogP) is 1.09. The van der Waals surface area contributed by atoms with Crippen LogP contribution in [0.1, 0.15) is 19.4 Å². The maximum atomic E-state index is 13.1. The second kappa shape index (κ2) is 7.90. The Morgan fingerprint density at radius 3 is 2.36 bits per heavy atom. The first-order chi connectivity index (χ1) is 11.7. The van der Waals surface area contributed by atoms with Gasteiger partial charge in [-0.3, -0.25) is 4.90 Å². The number of benzene rings is 1. The highest BCUT2D eigenvalue weighted by Crippen LogP contribution is 2.34. The molecule has 1 aliphatic rings. The number of sulfonamides is 1. The monoisotopic (exact) mass is 372 g/mol. The van der Waals surface area contributed by atoms with E-state index in [4.69, 9.17) is 9.47 Å². The normalized spacial score (nSPS) is 21.1. The third-order valence-corrected chi connectivity index (χ3v) is 6.53. The Morgan fingerprint density at radius 2 is 1.84 bits per heavy atom. The number of hydrogen-bond donors (Lipinski definition) is 1. The molecule has 1 heterocycles. The van der Waals surface area contributed by atoms with Crippen molar-refractivity contribution in [1.82, 2.24) is 9.21 Å². The summed E-state index contributed by atoms with van der Waals surface area (Å²) in [7, 11) is -0.618. The summed E-state index contributed by atoms with van der Waals surface area (Å²) in [6.45, 7) is 7.40. The molecule has 0 bridgehead atoms. The lowest BCUT2D eigenvalue weighted by molar-refractivity contribution is 0.0699. The summed E-state index contributed by atoms with van der Waals surface area (Å²) >= 11 is 0. The highest BCUT2D eigenvalue weighted by Gasteiger charge is 2.34. The van der Waals surface area contributed by atoms with E-state index < -0.39 is 16.1 Å². The van der Waals surface area contributed by atoms with Crippen LogP contribution in [-0.2, 0) is 10.0 Å². The average Bonchev–Trinajstić information content (AvgIpc) is 2.55. The van der Waals surface area contributed by atoms with Crippen LogP contribution in [0.2, 0.25) is 0 Å². The standard InChI is InChI=1S/C17H28N2O5S/c1-12-8-15(23-4)16(24-5)9-17(12)25(21,22)19-7-6-18(11-14(3)20)13(2)10-19/h8-9,13-14,20H,6-7,10-11H2,1-5H3/t13-,14-/m0/s1. The van der Waals surface area contributed by atoms with E-state index in [1.54, 1.807) is 19.9 Å². The fourth-order valence-electron chi connectivity index (χ4n) is 3.17. The summed E-state index contributed by atoms with van der Waals surface area (Å²) in [6.07, 6.45) is -0.432. The van der Waals surface area contributed by atoms with E-state index in [1.807, 2.05) is 6.92 Å². The molecule has 8 heteroatoms. The lowest BCUT2D eigenvalue weighted by Crippen LogP contribution is -2.54. The van der Waals surface area contributed by atoms with Crippen molar-refractivity contribution in [2.45, 2.75) is 37.8 Å². The number of aliphatic hydroxyl groups is 1. The Bertz CT molecular complexity index is 705. The Hall–Kier alpha value is -1.35. The van der Waals surface area contributed by atoms with Gasteiger partial charge >= 0.3 is 0 Å². The third-order valence-electron chi connectivity index (χ3n) is 4.53. The van der Waals surface area contributed by atoms with Gasteiger partial charge < -0.3 is 14.6 Å². The highest BCUT2D eigenvalue weighted by molar-refractivity contribution is 7.89. The number of β-amino-alcohol motifs (C(OH)–C–C–N with tert-alkyl or cyclic N) is 1. The number of aliphatic hydroxyl groups excluding tert-OH is 1. The van der Waals surface area contributed by atoms with E-state index in [2.05, 4.69) is 4.90 Å². The van der Waals surface area contributed by atoms with Crippen LogP contribution in [0.5, 0.6) is 11.5 Å². The number of hydrogen-bond acceptors (Lipinski definition) is 6. The van der Waals surface area contributed by atoms with Crippen LogP contribution in [-0.4, -0.2) is 75.3 Å². The maximum Gasteiger partial charge on any atom is 0.243 e. The second-order valence-corrected chi connectivity index (χ2v) is 8.44. The van der Waals surface area contributed by atoms with Crippen LogP contribution < -0.4 is 9.47 Å². The Balaban J connectivity index is 2.28. The van der Waals surface area contributed by atoms with E-state index >= 15 is 0 Å². The number of ether oxygens (including phenoxy) is 2. The smallest absolute Gasteiger partial charge is 0.243 e. The van der Waals surface area contributed by atoms with E-state index in [0.29, 0.717) is 43.2 Å². The van der Waals surface area contributed by atoms with Crippen LogP contribution in [0, 0.1) is 6.92 Å². The maximum absolute atomic E-state index is 13.1. The first-order valence-corrected chi connectivity index (χ1v) is 9.79. The van der Waals surface area contributed by atoms with E-state index in [9.17, 15) is 13.5 Å². The summed E-state index contributed by atoms with van der Waals surface area (Å²) in [6, 6.07) is 3.24. The average molecular weight is 372 g/mol. The van der Waals surface area contributed by atoms with Crippen molar-refractivity contribution in [2.75, 3.05) is 40.4 Å². The molecule has 7 nitrogen and oxygen atoms in total. The van der Waals surface area contributed by atoms with Crippen molar-refractivity contribution >= 4 is 10.0 Å². The third kappa shape index (κ3) is 4.25. The largest absolute Gasteiger partial charge is 0.493 e. The zero-order chi connectivity index (χ0) is 18.8. The molecule has 0 saturated carbocycles. The second-order valence-electron chi connectivity index (χ2n) is 6.53. The molecule has 0 spiro atoms. The number of aryl methyl sites for hydroxylation is 1. The summed E-state index contributed by atoms with van der Waals surface area (Å²) < 4.78 is 38.2. The summed E-state index contributed by atoms with van der Waals surface area (Å²) in [5.41, 5.74) is 0.622. The molecule has 142 valence electrons. The zero-order valence-electron chi connectivity index (χ0n) is 15.5. The van der Waals surface area contributed by atoms with Gasteiger partial charge in [0.2, 0.25) is 10.0 Å². The van der Waals surface area contributed by atoms with Gasteiger partial charge in [0.25, 0.3) is 0 Å². The number of nitrogens with zero attached hydrogens (tertiary/aromatic N) is 2. The molecule has 0 amide bonds. The molecule has 2 rings (SSSR count). The Kier molecular flexibility index (Phi) is 6.31. The van der Waals surface area contributed by atoms with E-state index in [1.165, 1.54) is 24.6 Å². The van der Waals surface area contributed by atoms with Crippen molar-refractivity contribution in [3.05, 3.63) is 17.7 Å². The molecule has 1 aromatic carbocycles. The van der Waals surface area contributed by atoms with Gasteiger partial charge in [0, 0.05) is 38.3 Å². The summed E-state index contributed by atoms with van der Waals surface area (Å²) in [4.78, 5) is 2.35. The molecule has 1 N–H and O–H groups in total. The first kappa shape index (κ1) is 20.0. The minimum absolute atomic E-state index is 0.0403. The fourth-order valence-corrected chi connectivity index (χ4v) is 4.90. The SMILES string of the molecule is COc1cc(C)c(S(=O)(=O)N2CCN(C[C@H](C)O)[C@@H](C)C2)cc1OC. The van der Waals surface area contributed by atoms with Crippen LogP contribution >= 0.6 is 0 Å². The van der Waals surface area contributed by atoms with Gasteiger partial charge in [-0.25, -0.2) is 8.42 Å². The van der Waals surface area contributed by atoms with Gasteiger partial charge in [0.05, 0.1) is 25.2 Å². The molecular weight excluding hydrogens is 344 g/mol. The number of piperazine rings is 1. The number of rotatable bonds is 6. The molecule has 0 radical (unpaired) electrons. The molecule has 0 aromatic heterocycles. The fraction of sp³-hybridized carbons (Fsp3) is 0.647. The molecule has 2 atom stereocenters. The van der Waals surface area contributed by atoms with Crippen molar-refractivity contribution in [3.8, 4) is 11.5 Å². The van der Waals surface area contributed by atoms with Crippen LogP contribution in [0.25, 0.3) is 0 Å². The van der Waals surface area contributed by atoms with Crippen molar-refractivity contribution < 1.29 is 23.0 Å². The minimum atomic E-state index is -3.63. The molecule has 1 saturated heterocycles. The Morgan fingerprint density at radius 1 is 1.24 bits per heavy atom. The molecule has 1 aliphatic heterocycles. The molecular formula is C17H28N2O5S. The topological polar surface area (TPSA) is 79.3 Å². The summed E-state index contributed by atoms with van der Waals surface area (Å²) in [5.74, 6) is 0.904. The molecule has 1 aromatic rings. The van der Waals surface area contributed by atoms with Gasteiger partial charge in [-0.05, 0) is 32.4 Å². The number of methoxy groups -OCH3 is 2. The lowest BCUT2D eigenvalue weighted by atomic mass is 10.2. The van der Waals surface area contributed by atoms with Gasteiger partial charge in [0.15, 0.2) is 11.5 Å². The first-order valence-electron chi connectivity index (χ1n) is 8.35. The predicted molar refractivity (Wildman–Crippen MR) is 95.8 cm³/mol. The molecule has 1 fully saturated rings. The summed E-state index contributed by atoms with van der Waals surface area (Å²) in [5, 5.41) is 9.57. The van der Waals surface area contributed by atoms with Crippen molar-refractivity contribution in [1.29, 1.82) is 0 Å². The quantitative estimate of drug-likeness (QED) is 0.805. The van der Waals surface area contributed by atoms with Gasteiger partial charge in [-0.2, -0.15) is 4.31 Å². The zero-order valence-corrected chi connectivity index (χ0v) is 16.3. The van der Waals surface area contributed by atoms with Crippen molar-refractivity contribution in [3.63, 3.8) is 0 Å². The lowest BCUT2D eigenvalue weighted by Gasteiger charge is -2.39. The van der Waals surface area contributed by atoms with E-state index in [-0.39, 0.29) is 10.9 Å². The van der Waals surface area contributed by atoms with Gasteiger partial charge in [0.1, 0.15) is 0 Å². The van der Waals surface area contributed by atoms with Crippen LogP contribution in [0.3, 0.4) is 0 Å². The van der Waals surface area contributed by atoms with Crippen LogP contribution in [0.4, 0.5) is 0 Å². The molecule has 0 unspecified atom stereocenters. The van der Waals surface area contributed by atoms with Crippen molar-refractivity contribution in [2.24, 2.45) is 0 Å². The van der Waals surface area contributed by atoms with Crippen LogP contribution in [0.15, 0.2) is 17.0 Å². The highest BCUT2D eigenvalue weighted by atomic mass is 32.2. The molecule has 25 heavy (non-hydrogen) atoms. The molecule has 0 aliphatic carbocycles. The Labute approximate surface area is 150 Å². The van der Waals surface area contributed by atoms with E-state index in [0.717, 1.165) is 0 Å².